The van der Waals surface area contributed by atoms with Gasteiger partial charge in [-0.2, -0.15) is 0 Å². The fourth-order valence-corrected chi connectivity index (χ4v) is 2.72. The third-order valence-corrected chi connectivity index (χ3v) is 4.25. The maximum absolute atomic E-state index is 5.88. The van der Waals surface area contributed by atoms with Gasteiger partial charge in [0.05, 0.1) is 30.1 Å². The Morgan fingerprint density at radius 3 is 2.81 bits per heavy atom. The molecule has 130 valence electrons. The van der Waals surface area contributed by atoms with Gasteiger partial charge in [0.2, 0.25) is 0 Å². The van der Waals surface area contributed by atoms with E-state index in [1.807, 2.05) is 41.9 Å². The average molecular weight is 366 g/mol. The summed E-state index contributed by atoms with van der Waals surface area (Å²) < 4.78 is 7.82. The van der Waals surface area contributed by atoms with E-state index in [1.165, 1.54) is 0 Å². The number of nitrogens with zero attached hydrogens (tertiary/aromatic N) is 4. The standard InChI is InChI=1S/C19H16ClN5O/c1-25-12-21-10-15(25)11-26-16-3-4-17-13(8-16)6-7-22-19(17)24-14-2-5-18(20)23-9-14/h2-10,12H,11H2,1H3,(H,22,24). The lowest BCUT2D eigenvalue weighted by Gasteiger charge is -2.11. The van der Waals surface area contributed by atoms with Crippen molar-refractivity contribution in [3.8, 4) is 5.75 Å². The summed E-state index contributed by atoms with van der Waals surface area (Å²) in [5.41, 5.74) is 1.84. The number of benzene rings is 1. The number of fused-ring (bicyclic) bond motifs is 1. The predicted octanol–water partition coefficient (Wildman–Crippen LogP) is 4.34. The van der Waals surface area contributed by atoms with Crippen molar-refractivity contribution in [2.45, 2.75) is 6.61 Å². The molecule has 7 heteroatoms. The van der Waals surface area contributed by atoms with Crippen LogP contribution in [0, 0.1) is 0 Å². The van der Waals surface area contributed by atoms with Crippen LogP contribution in [-0.2, 0) is 13.7 Å². The maximum atomic E-state index is 5.88. The first kappa shape index (κ1) is 16.4. The van der Waals surface area contributed by atoms with Gasteiger partial charge >= 0.3 is 0 Å². The molecule has 0 spiro atoms. The van der Waals surface area contributed by atoms with E-state index in [2.05, 4.69) is 20.3 Å². The number of aryl methyl sites for hydroxylation is 1. The Labute approximate surface area is 155 Å². The van der Waals surface area contributed by atoms with Gasteiger partial charge in [0.15, 0.2) is 0 Å². The number of rotatable bonds is 5. The van der Waals surface area contributed by atoms with Gasteiger partial charge < -0.3 is 14.6 Å². The predicted molar refractivity (Wildman–Crippen MR) is 102 cm³/mol. The van der Waals surface area contributed by atoms with E-state index in [0.29, 0.717) is 11.8 Å². The fourth-order valence-electron chi connectivity index (χ4n) is 2.61. The number of imidazole rings is 1. The van der Waals surface area contributed by atoms with Crippen LogP contribution in [0.2, 0.25) is 5.15 Å². The molecule has 1 aromatic carbocycles. The van der Waals surface area contributed by atoms with Crippen molar-refractivity contribution in [3.05, 3.63) is 72.2 Å². The van der Waals surface area contributed by atoms with Crippen LogP contribution >= 0.6 is 11.6 Å². The summed E-state index contributed by atoms with van der Waals surface area (Å²) >= 11 is 5.83. The molecule has 0 aliphatic carbocycles. The van der Waals surface area contributed by atoms with Crippen molar-refractivity contribution in [1.82, 2.24) is 19.5 Å². The molecule has 0 aliphatic rings. The Hall–Kier alpha value is -3.12. The van der Waals surface area contributed by atoms with Crippen LogP contribution in [0.4, 0.5) is 11.5 Å². The molecule has 4 rings (SSSR count). The summed E-state index contributed by atoms with van der Waals surface area (Å²) in [7, 11) is 1.95. The number of hydrogen-bond donors (Lipinski definition) is 1. The highest BCUT2D eigenvalue weighted by molar-refractivity contribution is 6.29. The molecule has 0 radical (unpaired) electrons. The van der Waals surface area contributed by atoms with Crippen molar-refractivity contribution in [2.75, 3.05) is 5.32 Å². The zero-order valence-electron chi connectivity index (χ0n) is 14.1. The van der Waals surface area contributed by atoms with E-state index in [4.69, 9.17) is 16.3 Å². The summed E-state index contributed by atoms with van der Waals surface area (Å²) in [5.74, 6) is 1.55. The normalized spacial score (nSPS) is 10.8. The summed E-state index contributed by atoms with van der Waals surface area (Å²) in [6.45, 7) is 0.467. The maximum Gasteiger partial charge on any atom is 0.138 e. The van der Waals surface area contributed by atoms with Gasteiger partial charge in [0, 0.05) is 18.6 Å². The molecule has 0 atom stereocenters. The van der Waals surface area contributed by atoms with Crippen LogP contribution in [0.25, 0.3) is 10.8 Å². The minimum Gasteiger partial charge on any atom is -0.487 e. The summed E-state index contributed by atoms with van der Waals surface area (Å²) in [5, 5.41) is 5.76. The van der Waals surface area contributed by atoms with E-state index >= 15 is 0 Å². The molecule has 0 saturated heterocycles. The van der Waals surface area contributed by atoms with Crippen LogP contribution in [0.3, 0.4) is 0 Å². The molecule has 0 unspecified atom stereocenters. The average Bonchev–Trinajstić information content (AvgIpc) is 3.07. The second-order valence-electron chi connectivity index (χ2n) is 5.82. The van der Waals surface area contributed by atoms with Gasteiger partial charge in [-0.05, 0) is 41.8 Å². The van der Waals surface area contributed by atoms with Crippen molar-refractivity contribution in [2.24, 2.45) is 7.05 Å². The SMILES string of the molecule is Cn1cncc1COc1ccc2c(Nc3ccc(Cl)nc3)nccc2c1. The van der Waals surface area contributed by atoms with Crippen LogP contribution in [0.5, 0.6) is 5.75 Å². The fraction of sp³-hybridized carbons (Fsp3) is 0.105. The number of ether oxygens (including phenoxy) is 1. The zero-order valence-corrected chi connectivity index (χ0v) is 14.8. The first-order valence-electron chi connectivity index (χ1n) is 8.04. The Morgan fingerprint density at radius 1 is 1.12 bits per heavy atom. The van der Waals surface area contributed by atoms with Gasteiger partial charge in [-0.25, -0.2) is 15.0 Å². The molecule has 0 amide bonds. The summed E-state index contributed by atoms with van der Waals surface area (Å²) in [4.78, 5) is 12.6. The topological polar surface area (TPSA) is 64.9 Å². The van der Waals surface area contributed by atoms with Crippen molar-refractivity contribution in [3.63, 3.8) is 0 Å². The Morgan fingerprint density at radius 2 is 2.04 bits per heavy atom. The number of anilines is 2. The minimum atomic E-state index is 0.455. The van der Waals surface area contributed by atoms with Gasteiger partial charge in [-0.1, -0.05) is 11.6 Å². The zero-order chi connectivity index (χ0) is 17.9. The molecule has 4 aromatic rings. The molecule has 0 saturated carbocycles. The van der Waals surface area contributed by atoms with Gasteiger partial charge in [0.25, 0.3) is 0 Å². The van der Waals surface area contributed by atoms with Gasteiger partial charge in [-0.3, -0.25) is 0 Å². The van der Waals surface area contributed by atoms with Gasteiger partial charge in [-0.15, -0.1) is 0 Å². The number of nitrogens with one attached hydrogen (secondary N) is 1. The largest absolute Gasteiger partial charge is 0.487 e. The lowest BCUT2D eigenvalue weighted by Crippen LogP contribution is -2.01. The lowest BCUT2D eigenvalue weighted by atomic mass is 10.1. The minimum absolute atomic E-state index is 0.455. The first-order chi connectivity index (χ1) is 12.7. The number of halogens is 1. The molecule has 6 nitrogen and oxygen atoms in total. The third-order valence-electron chi connectivity index (χ3n) is 4.03. The van der Waals surface area contributed by atoms with Crippen LogP contribution in [-0.4, -0.2) is 19.5 Å². The van der Waals surface area contributed by atoms with Crippen molar-refractivity contribution in [1.29, 1.82) is 0 Å². The quantitative estimate of drug-likeness (QED) is 0.533. The molecule has 0 aliphatic heterocycles. The monoisotopic (exact) mass is 365 g/mol. The molecule has 1 N–H and O–H groups in total. The molecular formula is C19H16ClN5O. The lowest BCUT2D eigenvalue weighted by molar-refractivity contribution is 0.297. The van der Waals surface area contributed by atoms with Crippen LogP contribution in [0.15, 0.2) is 61.3 Å². The number of pyridine rings is 2. The van der Waals surface area contributed by atoms with Crippen molar-refractivity contribution >= 4 is 33.9 Å². The van der Waals surface area contributed by atoms with Crippen LogP contribution in [0.1, 0.15) is 5.69 Å². The molecule has 3 heterocycles. The number of hydrogen-bond acceptors (Lipinski definition) is 5. The van der Waals surface area contributed by atoms with E-state index in [-0.39, 0.29) is 0 Å². The van der Waals surface area contributed by atoms with Crippen molar-refractivity contribution < 1.29 is 4.74 Å². The molecule has 3 aromatic heterocycles. The first-order valence-corrected chi connectivity index (χ1v) is 8.42. The summed E-state index contributed by atoms with van der Waals surface area (Å²) in [6, 6.07) is 11.5. The highest BCUT2D eigenvalue weighted by Crippen LogP contribution is 2.28. The Bertz CT molecular complexity index is 1050. The molecule has 0 fully saturated rings. The molecular weight excluding hydrogens is 350 g/mol. The second kappa shape index (κ2) is 7.01. The highest BCUT2D eigenvalue weighted by atomic mass is 35.5. The molecule has 0 bridgehead atoms. The van der Waals surface area contributed by atoms with E-state index in [1.54, 1.807) is 31.0 Å². The smallest absolute Gasteiger partial charge is 0.138 e. The Balaban J connectivity index is 1.57. The van der Waals surface area contributed by atoms with Crippen LogP contribution < -0.4 is 10.1 Å². The second-order valence-corrected chi connectivity index (χ2v) is 6.21. The molecule has 26 heavy (non-hydrogen) atoms. The van der Waals surface area contributed by atoms with E-state index < -0.39 is 0 Å². The summed E-state index contributed by atoms with van der Waals surface area (Å²) in [6.07, 6.45) is 6.99. The van der Waals surface area contributed by atoms with E-state index in [9.17, 15) is 0 Å². The Kier molecular flexibility index (Phi) is 4.41. The van der Waals surface area contributed by atoms with Gasteiger partial charge in [0.1, 0.15) is 23.3 Å². The highest BCUT2D eigenvalue weighted by Gasteiger charge is 2.06. The number of aromatic nitrogens is 4. The van der Waals surface area contributed by atoms with E-state index in [0.717, 1.165) is 33.7 Å². The third kappa shape index (κ3) is 3.45.